The van der Waals surface area contributed by atoms with Crippen LogP contribution in [0.25, 0.3) is 11.3 Å². The highest BCUT2D eigenvalue weighted by molar-refractivity contribution is 5.75. The van der Waals surface area contributed by atoms with Crippen LogP contribution in [0.3, 0.4) is 0 Å². The van der Waals surface area contributed by atoms with Crippen LogP contribution in [0.2, 0.25) is 0 Å². The molecule has 6 nitrogen and oxygen atoms in total. The number of aliphatic hydroxyl groups is 1. The van der Waals surface area contributed by atoms with Crippen molar-refractivity contribution in [2.45, 2.75) is 19.2 Å². The topological polar surface area (TPSA) is 88.9 Å². The van der Waals surface area contributed by atoms with Gasteiger partial charge in [-0.25, -0.2) is 9.18 Å². The number of alkyl halides is 3. The largest absolute Gasteiger partial charge is 0.504 e. The molecule has 0 aliphatic heterocycles. The van der Waals surface area contributed by atoms with E-state index in [0.29, 0.717) is 12.3 Å². The summed E-state index contributed by atoms with van der Waals surface area (Å²) >= 11 is 0. The molecule has 0 aliphatic rings. The van der Waals surface area contributed by atoms with Crippen molar-refractivity contribution in [2.75, 3.05) is 13.2 Å². The minimum absolute atomic E-state index is 0.0154. The van der Waals surface area contributed by atoms with Crippen molar-refractivity contribution in [3.05, 3.63) is 41.8 Å². The van der Waals surface area contributed by atoms with Gasteiger partial charge in [-0.15, -0.1) is 0 Å². The number of hydrogen-bond acceptors (Lipinski definition) is 6. The SMILES string of the molecule is CC(Oc1ccc(-c2ncc(C(F)(F)F)cc2F)cc1O)C(=O)OCCO. The first-order valence-corrected chi connectivity index (χ1v) is 7.63. The molecule has 1 atom stereocenters. The number of pyridine rings is 1. The minimum atomic E-state index is -4.73. The van der Waals surface area contributed by atoms with Crippen LogP contribution in [-0.4, -0.2) is 40.5 Å². The van der Waals surface area contributed by atoms with Crippen molar-refractivity contribution in [3.8, 4) is 22.8 Å². The van der Waals surface area contributed by atoms with E-state index in [1.807, 2.05) is 0 Å². The summed E-state index contributed by atoms with van der Waals surface area (Å²) in [4.78, 5) is 15.0. The lowest BCUT2D eigenvalue weighted by atomic mass is 10.1. The Hall–Kier alpha value is -2.88. The number of phenolic OH excluding ortho intramolecular Hbond substituents is 1. The van der Waals surface area contributed by atoms with Gasteiger partial charge in [0.25, 0.3) is 0 Å². The van der Waals surface area contributed by atoms with E-state index in [0.717, 1.165) is 6.07 Å². The highest BCUT2D eigenvalue weighted by Gasteiger charge is 2.32. The number of rotatable bonds is 6. The highest BCUT2D eigenvalue weighted by Crippen LogP contribution is 2.35. The quantitative estimate of drug-likeness (QED) is 0.583. The van der Waals surface area contributed by atoms with Crippen molar-refractivity contribution in [3.63, 3.8) is 0 Å². The summed E-state index contributed by atoms with van der Waals surface area (Å²) in [7, 11) is 0. The van der Waals surface area contributed by atoms with Crippen molar-refractivity contribution < 1.29 is 42.0 Å². The Morgan fingerprint density at radius 1 is 1.30 bits per heavy atom. The second-order valence-electron chi connectivity index (χ2n) is 5.39. The molecule has 0 spiro atoms. The summed E-state index contributed by atoms with van der Waals surface area (Å²) < 4.78 is 61.6. The Balaban J connectivity index is 2.20. The molecule has 0 radical (unpaired) electrons. The fraction of sp³-hybridized carbons (Fsp3) is 0.294. The van der Waals surface area contributed by atoms with Gasteiger partial charge in [0, 0.05) is 11.8 Å². The van der Waals surface area contributed by atoms with Crippen LogP contribution in [0.1, 0.15) is 12.5 Å². The minimum Gasteiger partial charge on any atom is -0.504 e. The Kier molecular flexibility index (Phi) is 6.21. The fourth-order valence-electron chi connectivity index (χ4n) is 2.07. The van der Waals surface area contributed by atoms with Crippen LogP contribution in [0, 0.1) is 5.82 Å². The van der Waals surface area contributed by atoms with Crippen LogP contribution in [0.4, 0.5) is 17.6 Å². The summed E-state index contributed by atoms with van der Waals surface area (Å²) in [6.07, 6.45) is -5.35. The maximum Gasteiger partial charge on any atom is 0.417 e. The van der Waals surface area contributed by atoms with Gasteiger partial charge in [0.2, 0.25) is 0 Å². The summed E-state index contributed by atoms with van der Waals surface area (Å²) in [5.41, 5.74) is -1.61. The van der Waals surface area contributed by atoms with Gasteiger partial charge < -0.3 is 19.7 Å². The van der Waals surface area contributed by atoms with E-state index in [9.17, 15) is 27.5 Å². The number of benzene rings is 1. The first kappa shape index (κ1) is 20.4. The van der Waals surface area contributed by atoms with Gasteiger partial charge in [-0.1, -0.05) is 0 Å². The number of aromatic hydroxyl groups is 1. The number of hydrogen-bond donors (Lipinski definition) is 2. The molecule has 2 N–H and O–H groups in total. The number of carbonyl (C=O) groups is 1. The monoisotopic (exact) mass is 389 g/mol. The Morgan fingerprint density at radius 2 is 2.00 bits per heavy atom. The Morgan fingerprint density at radius 3 is 2.56 bits per heavy atom. The summed E-state index contributed by atoms with van der Waals surface area (Å²) in [6, 6.07) is 3.82. The third kappa shape index (κ3) is 5.07. The van der Waals surface area contributed by atoms with E-state index in [1.165, 1.54) is 19.1 Å². The number of esters is 1. The standard InChI is InChI=1S/C17H15F4NO5/c1-9(16(25)26-5-4-23)27-14-3-2-10(6-13(14)24)15-12(18)7-11(8-22-15)17(19,20)21/h2-3,6-9,23-24H,4-5H2,1H3. The second kappa shape index (κ2) is 8.21. The highest BCUT2D eigenvalue weighted by atomic mass is 19.4. The summed E-state index contributed by atoms with van der Waals surface area (Å²) in [5, 5.41) is 18.6. The van der Waals surface area contributed by atoms with Crippen LogP contribution in [-0.2, 0) is 15.7 Å². The predicted octanol–water partition coefficient (Wildman–Crippen LogP) is 2.91. The van der Waals surface area contributed by atoms with Gasteiger partial charge in [0.1, 0.15) is 18.1 Å². The third-order valence-corrected chi connectivity index (χ3v) is 3.37. The molecule has 27 heavy (non-hydrogen) atoms. The van der Waals surface area contributed by atoms with E-state index < -0.39 is 35.4 Å². The molecule has 0 fully saturated rings. The van der Waals surface area contributed by atoms with Crippen LogP contribution in [0.5, 0.6) is 11.5 Å². The van der Waals surface area contributed by atoms with Gasteiger partial charge in [-0.2, -0.15) is 13.2 Å². The number of phenols is 1. The van der Waals surface area contributed by atoms with Crippen molar-refractivity contribution >= 4 is 5.97 Å². The molecule has 1 aromatic carbocycles. The van der Waals surface area contributed by atoms with Gasteiger partial charge in [0.15, 0.2) is 17.6 Å². The first-order chi connectivity index (χ1) is 12.6. The van der Waals surface area contributed by atoms with E-state index in [1.54, 1.807) is 0 Å². The number of ether oxygens (including phenoxy) is 2. The maximum atomic E-state index is 14.0. The van der Waals surface area contributed by atoms with E-state index >= 15 is 0 Å². The zero-order valence-electron chi connectivity index (χ0n) is 14.0. The van der Waals surface area contributed by atoms with Gasteiger partial charge in [0.05, 0.1) is 12.2 Å². The molecule has 1 unspecified atom stereocenters. The molecule has 0 saturated carbocycles. The van der Waals surface area contributed by atoms with Crippen molar-refractivity contribution in [1.82, 2.24) is 4.98 Å². The summed E-state index contributed by atoms with van der Waals surface area (Å²) in [5.74, 6) is -2.59. The van der Waals surface area contributed by atoms with Gasteiger partial charge in [-0.05, 0) is 31.2 Å². The lowest BCUT2D eigenvalue weighted by Crippen LogP contribution is -2.27. The normalized spacial score (nSPS) is 12.5. The smallest absolute Gasteiger partial charge is 0.417 e. The van der Waals surface area contributed by atoms with Crippen LogP contribution >= 0.6 is 0 Å². The lowest BCUT2D eigenvalue weighted by molar-refractivity contribution is -0.152. The first-order valence-electron chi connectivity index (χ1n) is 7.63. The molecule has 2 aromatic rings. The number of halogens is 4. The Bertz CT molecular complexity index is 825. The lowest BCUT2D eigenvalue weighted by Gasteiger charge is -2.15. The molecule has 2 rings (SSSR count). The molecular formula is C17H15F4NO5. The molecular weight excluding hydrogens is 374 g/mol. The Labute approximate surface area is 151 Å². The van der Waals surface area contributed by atoms with Crippen molar-refractivity contribution in [1.29, 1.82) is 0 Å². The molecule has 1 aromatic heterocycles. The average molecular weight is 389 g/mol. The average Bonchev–Trinajstić information content (AvgIpc) is 2.60. The summed E-state index contributed by atoms with van der Waals surface area (Å²) in [6.45, 7) is 0.782. The van der Waals surface area contributed by atoms with Crippen LogP contribution < -0.4 is 4.74 Å². The number of nitrogens with zero attached hydrogens (tertiary/aromatic N) is 1. The van der Waals surface area contributed by atoms with Crippen molar-refractivity contribution in [2.24, 2.45) is 0 Å². The maximum absolute atomic E-state index is 14.0. The fourth-order valence-corrected chi connectivity index (χ4v) is 2.07. The number of aromatic nitrogens is 1. The molecule has 0 aliphatic carbocycles. The zero-order valence-corrected chi connectivity index (χ0v) is 14.0. The van der Waals surface area contributed by atoms with E-state index in [-0.39, 0.29) is 30.2 Å². The molecule has 1 heterocycles. The van der Waals surface area contributed by atoms with Gasteiger partial charge in [-0.3, -0.25) is 4.98 Å². The second-order valence-corrected chi connectivity index (χ2v) is 5.39. The molecule has 0 bridgehead atoms. The molecule has 0 amide bonds. The molecule has 146 valence electrons. The predicted molar refractivity (Wildman–Crippen MR) is 84.4 cm³/mol. The van der Waals surface area contributed by atoms with Crippen LogP contribution in [0.15, 0.2) is 30.5 Å². The number of aliphatic hydroxyl groups excluding tert-OH is 1. The van der Waals surface area contributed by atoms with Gasteiger partial charge >= 0.3 is 12.1 Å². The zero-order chi connectivity index (χ0) is 20.2. The third-order valence-electron chi connectivity index (χ3n) is 3.37. The van der Waals surface area contributed by atoms with E-state index in [4.69, 9.17) is 9.84 Å². The molecule has 10 heteroatoms. The molecule has 0 saturated heterocycles. The van der Waals surface area contributed by atoms with E-state index in [2.05, 4.69) is 9.72 Å². The number of carbonyl (C=O) groups excluding carboxylic acids is 1.